The van der Waals surface area contributed by atoms with Gasteiger partial charge in [-0.3, -0.25) is 10.5 Å². The summed E-state index contributed by atoms with van der Waals surface area (Å²) in [7, 11) is 0. The molecule has 0 atom stereocenters. The van der Waals surface area contributed by atoms with Crippen LogP contribution in [0, 0.1) is 10.8 Å². The lowest BCUT2D eigenvalue weighted by molar-refractivity contribution is 0.457. The van der Waals surface area contributed by atoms with E-state index in [1.54, 1.807) is 6.20 Å². The summed E-state index contributed by atoms with van der Waals surface area (Å²) in [5.41, 5.74) is 3.60. The fourth-order valence-electron chi connectivity index (χ4n) is 2.70. The molecule has 0 amide bonds. The Morgan fingerprint density at radius 2 is 1.89 bits per heavy atom. The Labute approximate surface area is 111 Å². The van der Waals surface area contributed by atoms with Crippen molar-refractivity contribution < 1.29 is 0 Å². The standard InChI is InChI=1S/C12H19N7/c1-11(2)9(12(11,3)4)15-7-6-5-14-19-8(6)17-10(16-7)18-13/h5,9H,13H2,1-4H3,(H3,14,15,16,17,18,19). The van der Waals surface area contributed by atoms with Gasteiger partial charge in [-0.05, 0) is 10.8 Å². The van der Waals surface area contributed by atoms with Gasteiger partial charge in [-0.15, -0.1) is 0 Å². The molecule has 5 N–H and O–H groups in total. The van der Waals surface area contributed by atoms with Crippen molar-refractivity contribution in [2.75, 3.05) is 10.7 Å². The van der Waals surface area contributed by atoms with Gasteiger partial charge in [0.1, 0.15) is 5.82 Å². The highest BCUT2D eigenvalue weighted by molar-refractivity contribution is 5.87. The largest absolute Gasteiger partial charge is 0.365 e. The smallest absolute Gasteiger partial charge is 0.241 e. The predicted octanol–water partition coefficient (Wildman–Crippen LogP) is 1.48. The number of hydrogen-bond donors (Lipinski definition) is 4. The Balaban J connectivity index is 1.99. The van der Waals surface area contributed by atoms with Gasteiger partial charge in [0.25, 0.3) is 0 Å². The van der Waals surface area contributed by atoms with Crippen molar-refractivity contribution in [1.29, 1.82) is 0 Å². The molecule has 19 heavy (non-hydrogen) atoms. The third kappa shape index (κ3) is 1.58. The summed E-state index contributed by atoms with van der Waals surface area (Å²) in [5, 5.41) is 11.2. The van der Waals surface area contributed by atoms with Crippen LogP contribution in [0.3, 0.4) is 0 Å². The molecule has 1 saturated carbocycles. The third-order valence-corrected chi connectivity index (χ3v) is 4.74. The molecule has 0 spiro atoms. The molecular weight excluding hydrogens is 242 g/mol. The topological polar surface area (TPSA) is 105 Å². The molecule has 2 aromatic heterocycles. The highest BCUT2D eigenvalue weighted by Crippen LogP contribution is 2.63. The molecule has 2 aromatic rings. The maximum Gasteiger partial charge on any atom is 0.241 e. The molecule has 1 fully saturated rings. The summed E-state index contributed by atoms with van der Waals surface area (Å²) in [5.74, 6) is 6.52. The first kappa shape index (κ1) is 12.2. The quantitative estimate of drug-likeness (QED) is 0.493. The van der Waals surface area contributed by atoms with Crippen LogP contribution in [-0.2, 0) is 0 Å². The molecule has 1 aliphatic rings. The highest BCUT2D eigenvalue weighted by atomic mass is 15.3. The minimum Gasteiger partial charge on any atom is -0.365 e. The number of rotatable bonds is 3. The Morgan fingerprint density at radius 3 is 2.47 bits per heavy atom. The van der Waals surface area contributed by atoms with Gasteiger partial charge in [0.15, 0.2) is 5.65 Å². The first-order valence-corrected chi connectivity index (χ1v) is 6.32. The zero-order valence-corrected chi connectivity index (χ0v) is 11.6. The summed E-state index contributed by atoms with van der Waals surface area (Å²) < 4.78 is 0. The lowest BCUT2D eigenvalue weighted by atomic mass is 10.0. The maximum atomic E-state index is 5.39. The van der Waals surface area contributed by atoms with E-state index in [0.717, 1.165) is 11.2 Å². The van der Waals surface area contributed by atoms with Crippen LogP contribution in [0.1, 0.15) is 27.7 Å². The second kappa shape index (κ2) is 3.57. The molecule has 0 aliphatic heterocycles. The van der Waals surface area contributed by atoms with Gasteiger partial charge in [-0.25, -0.2) is 5.84 Å². The van der Waals surface area contributed by atoms with Crippen LogP contribution in [0.2, 0.25) is 0 Å². The molecule has 7 heteroatoms. The second-order valence-electron chi connectivity index (χ2n) is 6.19. The fourth-order valence-corrected chi connectivity index (χ4v) is 2.70. The molecule has 102 valence electrons. The van der Waals surface area contributed by atoms with Gasteiger partial charge >= 0.3 is 0 Å². The van der Waals surface area contributed by atoms with Crippen molar-refractivity contribution in [3.63, 3.8) is 0 Å². The fraction of sp³-hybridized carbons (Fsp3) is 0.583. The van der Waals surface area contributed by atoms with Crippen LogP contribution in [0.4, 0.5) is 11.8 Å². The molecule has 0 bridgehead atoms. The minimum atomic E-state index is 0.227. The van der Waals surface area contributed by atoms with Crippen molar-refractivity contribution >= 4 is 22.8 Å². The van der Waals surface area contributed by atoms with Gasteiger partial charge in [0.2, 0.25) is 5.95 Å². The molecule has 0 aromatic carbocycles. The van der Waals surface area contributed by atoms with E-state index in [4.69, 9.17) is 5.84 Å². The average Bonchev–Trinajstić information content (AvgIpc) is 2.77. The number of aromatic nitrogens is 4. The number of nitrogens with one attached hydrogen (secondary N) is 3. The van der Waals surface area contributed by atoms with E-state index in [1.165, 1.54) is 0 Å². The molecule has 0 unspecified atom stereocenters. The summed E-state index contributed by atoms with van der Waals surface area (Å²) >= 11 is 0. The number of hydrogen-bond acceptors (Lipinski definition) is 6. The zero-order valence-electron chi connectivity index (χ0n) is 11.6. The van der Waals surface area contributed by atoms with Crippen LogP contribution in [0.15, 0.2) is 6.20 Å². The van der Waals surface area contributed by atoms with Gasteiger partial charge in [0, 0.05) is 6.04 Å². The van der Waals surface area contributed by atoms with E-state index in [9.17, 15) is 0 Å². The van der Waals surface area contributed by atoms with Crippen molar-refractivity contribution in [1.82, 2.24) is 20.2 Å². The van der Waals surface area contributed by atoms with Crippen LogP contribution in [0.5, 0.6) is 0 Å². The number of nitrogens with zero attached hydrogens (tertiary/aromatic N) is 3. The summed E-state index contributed by atoms with van der Waals surface area (Å²) in [6.45, 7) is 9.00. The summed E-state index contributed by atoms with van der Waals surface area (Å²) in [6, 6.07) is 0.360. The first-order chi connectivity index (χ1) is 8.88. The Bertz CT molecular complexity index is 614. The molecule has 1 aliphatic carbocycles. The highest BCUT2D eigenvalue weighted by Gasteiger charge is 2.65. The molecule has 0 radical (unpaired) electrons. The van der Waals surface area contributed by atoms with Crippen molar-refractivity contribution in [3.05, 3.63) is 6.20 Å². The molecule has 3 rings (SSSR count). The molecular formula is C12H19N7. The average molecular weight is 261 g/mol. The van der Waals surface area contributed by atoms with Gasteiger partial charge in [-0.2, -0.15) is 15.1 Å². The summed E-state index contributed by atoms with van der Waals surface area (Å²) in [6.07, 6.45) is 1.72. The van der Waals surface area contributed by atoms with Gasteiger partial charge < -0.3 is 5.32 Å². The Hall–Kier alpha value is -1.89. The Kier molecular flexibility index (Phi) is 2.28. The number of H-pyrrole nitrogens is 1. The Morgan fingerprint density at radius 1 is 1.21 bits per heavy atom. The normalized spacial score (nSPS) is 20.5. The zero-order chi connectivity index (χ0) is 13.8. The first-order valence-electron chi connectivity index (χ1n) is 6.32. The van der Waals surface area contributed by atoms with Crippen molar-refractivity contribution in [2.24, 2.45) is 16.7 Å². The van der Waals surface area contributed by atoms with Crippen LogP contribution < -0.4 is 16.6 Å². The minimum absolute atomic E-state index is 0.227. The maximum absolute atomic E-state index is 5.39. The van der Waals surface area contributed by atoms with E-state index in [2.05, 4.69) is 58.6 Å². The predicted molar refractivity (Wildman–Crippen MR) is 74.5 cm³/mol. The van der Waals surface area contributed by atoms with Crippen LogP contribution >= 0.6 is 0 Å². The third-order valence-electron chi connectivity index (χ3n) is 4.74. The number of fused-ring (bicyclic) bond motifs is 1. The van der Waals surface area contributed by atoms with E-state index >= 15 is 0 Å². The number of anilines is 2. The van der Waals surface area contributed by atoms with E-state index in [-0.39, 0.29) is 10.8 Å². The number of aromatic amines is 1. The number of nitrogens with two attached hydrogens (primary N) is 1. The van der Waals surface area contributed by atoms with E-state index in [1.807, 2.05) is 0 Å². The van der Waals surface area contributed by atoms with E-state index < -0.39 is 0 Å². The lowest BCUT2D eigenvalue weighted by Gasteiger charge is -2.09. The van der Waals surface area contributed by atoms with Crippen molar-refractivity contribution in [3.8, 4) is 0 Å². The van der Waals surface area contributed by atoms with E-state index in [0.29, 0.717) is 17.6 Å². The van der Waals surface area contributed by atoms with Gasteiger partial charge in [-0.1, -0.05) is 27.7 Å². The SMILES string of the molecule is CC1(C)C(Nc2nc(NN)nc3[nH]ncc23)C1(C)C. The van der Waals surface area contributed by atoms with Crippen LogP contribution in [0.25, 0.3) is 11.0 Å². The van der Waals surface area contributed by atoms with Crippen molar-refractivity contribution in [2.45, 2.75) is 33.7 Å². The van der Waals surface area contributed by atoms with Crippen LogP contribution in [-0.4, -0.2) is 26.2 Å². The monoisotopic (exact) mass is 261 g/mol. The van der Waals surface area contributed by atoms with Gasteiger partial charge in [0.05, 0.1) is 11.6 Å². The molecule has 0 saturated heterocycles. The second-order valence-corrected chi connectivity index (χ2v) is 6.19. The number of hydrazine groups is 1. The number of nitrogen functional groups attached to an aromatic ring is 1. The summed E-state index contributed by atoms with van der Waals surface area (Å²) in [4.78, 5) is 8.59. The lowest BCUT2D eigenvalue weighted by Crippen LogP contribution is -2.15. The molecule has 2 heterocycles. The molecule has 7 nitrogen and oxygen atoms in total.